The SMILES string of the molecule is CN(C(=O)c1ccc2[nH]c(-c3ccc(NC(=O)c4ccoc4)cc3)nc2c1)c1ccccc1. The molecule has 2 heterocycles. The number of fused-ring (bicyclic) bond motifs is 1. The smallest absolute Gasteiger partial charge is 0.258 e. The molecule has 7 heteroatoms. The Bertz CT molecular complexity index is 1420. The number of hydrogen-bond acceptors (Lipinski definition) is 4. The van der Waals surface area contributed by atoms with E-state index in [1.54, 1.807) is 30.1 Å². The van der Waals surface area contributed by atoms with E-state index >= 15 is 0 Å². The van der Waals surface area contributed by atoms with Crippen molar-refractivity contribution in [2.75, 3.05) is 17.3 Å². The third kappa shape index (κ3) is 4.12. The summed E-state index contributed by atoms with van der Waals surface area (Å²) in [6.07, 6.45) is 2.85. The Morgan fingerprint density at radius 3 is 2.45 bits per heavy atom. The molecule has 0 unspecified atom stereocenters. The Morgan fingerprint density at radius 2 is 1.73 bits per heavy atom. The number of rotatable bonds is 5. The molecule has 33 heavy (non-hydrogen) atoms. The van der Waals surface area contributed by atoms with Crippen LogP contribution in [0, 0.1) is 0 Å². The van der Waals surface area contributed by atoms with Gasteiger partial charge in [0.05, 0.1) is 22.9 Å². The lowest BCUT2D eigenvalue weighted by atomic mass is 10.1. The first kappa shape index (κ1) is 20.3. The molecule has 0 aliphatic carbocycles. The van der Waals surface area contributed by atoms with Crippen molar-refractivity contribution in [1.82, 2.24) is 9.97 Å². The molecule has 0 aliphatic heterocycles. The number of benzene rings is 3. The number of H-pyrrole nitrogens is 1. The minimum absolute atomic E-state index is 0.106. The summed E-state index contributed by atoms with van der Waals surface area (Å²) in [7, 11) is 1.75. The summed E-state index contributed by atoms with van der Waals surface area (Å²) < 4.78 is 4.94. The minimum Gasteiger partial charge on any atom is -0.472 e. The number of nitrogens with one attached hydrogen (secondary N) is 2. The van der Waals surface area contributed by atoms with Gasteiger partial charge in [0.2, 0.25) is 0 Å². The van der Waals surface area contributed by atoms with Crippen LogP contribution in [-0.4, -0.2) is 28.8 Å². The van der Waals surface area contributed by atoms with Gasteiger partial charge in [0.15, 0.2) is 0 Å². The van der Waals surface area contributed by atoms with Gasteiger partial charge in [-0.05, 0) is 60.7 Å². The molecule has 162 valence electrons. The van der Waals surface area contributed by atoms with Gasteiger partial charge < -0.3 is 19.6 Å². The van der Waals surface area contributed by atoms with Gasteiger partial charge in [-0.2, -0.15) is 0 Å². The van der Waals surface area contributed by atoms with Crippen molar-refractivity contribution in [2.45, 2.75) is 0 Å². The fraction of sp³-hybridized carbons (Fsp3) is 0.0385. The molecule has 2 N–H and O–H groups in total. The Morgan fingerprint density at radius 1 is 0.939 bits per heavy atom. The summed E-state index contributed by atoms with van der Waals surface area (Å²) in [4.78, 5) is 34.6. The van der Waals surface area contributed by atoms with E-state index in [-0.39, 0.29) is 11.8 Å². The number of aromatic nitrogens is 2. The molecular weight excluding hydrogens is 416 g/mol. The molecule has 0 fully saturated rings. The van der Waals surface area contributed by atoms with Crippen molar-refractivity contribution in [1.29, 1.82) is 0 Å². The molecule has 0 aliphatic rings. The van der Waals surface area contributed by atoms with Crippen LogP contribution in [0.15, 0.2) is 95.8 Å². The number of anilines is 2. The van der Waals surface area contributed by atoms with Gasteiger partial charge in [0.1, 0.15) is 12.1 Å². The molecule has 3 aromatic carbocycles. The Hall–Kier alpha value is -4.65. The van der Waals surface area contributed by atoms with Crippen LogP contribution in [0.3, 0.4) is 0 Å². The maximum absolute atomic E-state index is 12.9. The first-order chi connectivity index (χ1) is 16.1. The lowest BCUT2D eigenvalue weighted by molar-refractivity contribution is 0.0991. The van der Waals surface area contributed by atoms with Crippen molar-refractivity contribution < 1.29 is 14.0 Å². The van der Waals surface area contributed by atoms with E-state index in [1.165, 1.54) is 12.5 Å². The van der Waals surface area contributed by atoms with E-state index in [0.29, 0.717) is 28.2 Å². The van der Waals surface area contributed by atoms with E-state index in [0.717, 1.165) is 16.8 Å². The molecule has 0 saturated carbocycles. The first-order valence-corrected chi connectivity index (χ1v) is 10.4. The number of amides is 2. The van der Waals surface area contributed by atoms with Gasteiger partial charge in [-0.15, -0.1) is 0 Å². The Labute approximate surface area is 189 Å². The number of hydrogen-bond donors (Lipinski definition) is 2. The Balaban J connectivity index is 1.35. The van der Waals surface area contributed by atoms with Crippen molar-refractivity contribution >= 4 is 34.2 Å². The van der Waals surface area contributed by atoms with Gasteiger partial charge in [-0.3, -0.25) is 9.59 Å². The van der Waals surface area contributed by atoms with E-state index < -0.39 is 0 Å². The number of aromatic amines is 1. The largest absolute Gasteiger partial charge is 0.472 e. The minimum atomic E-state index is -0.238. The van der Waals surface area contributed by atoms with Crippen molar-refractivity contribution in [3.05, 3.63) is 103 Å². The average Bonchev–Trinajstić information content (AvgIpc) is 3.54. The fourth-order valence-electron chi connectivity index (χ4n) is 3.55. The predicted molar refractivity (Wildman–Crippen MR) is 127 cm³/mol. The predicted octanol–water partition coefficient (Wildman–Crippen LogP) is 5.35. The molecule has 2 aromatic heterocycles. The molecule has 0 radical (unpaired) electrons. The van der Waals surface area contributed by atoms with E-state index in [2.05, 4.69) is 15.3 Å². The van der Waals surface area contributed by atoms with Gasteiger partial charge in [-0.25, -0.2) is 4.98 Å². The highest BCUT2D eigenvalue weighted by molar-refractivity contribution is 6.07. The van der Waals surface area contributed by atoms with Crippen molar-refractivity contribution in [3.63, 3.8) is 0 Å². The second-order valence-corrected chi connectivity index (χ2v) is 7.56. The zero-order valence-electron chi connectivity index (χ0n) is 17.8. The van der Waals surface area contributed by atoms with Crippen LogP contribution in [0.2, 0.25) is 0 Å². The fourth-order valence-corrected chi connectivity index (χ4v) is 3.55. The van der Waals surface area contributed by atoms with E-state index in [4.69, 9.17) is 4.42 Å². The number of nitrogens with zero attached hydrogens (tertiary/aromatic N) is 2. The number of imidazole rings is 1. The van der Waals surface area contributed by atoms with Gasteiger partial charge >= 0.3 is 0 Å². The summed E-state index contributed by atoms with van der Waals surface area (Å²) in [6, 6.07) is 23.9. The summed E-state index contributed by atoms with van der Waals surface area (Å²) in [6.45, 7) is 0. The molecule has 0 atom stereocenters. The first-order valence-electron chi connectivity index (χ1n) is 10.4. The molecule has 0 saturated heterocycles. The van der Waals surface area contributed by atoms with Gasteiger partial charge in [0.25, 0.3) is 11.8 Å². The molecule has 7 nitrogen and oxygen atoms in total. The van der Waals surface area contributed by atoms with Crippen molar-refractivity contribution in [2.24, 2.45) is 0 Å². The van der Waals surface area contributed by atoms with E-state index in [1.807, 2.05) is 60.7 Å². The van der Waals surface area contributed by atoms with Crippen LogP contribution in [-0.2, 0) is 0 Å². The zero-order valence-corrected chi connectivity index (χ0v) is 17.8. The molecule has 5 rings (SSSR count). The lowest BCUT2D eigenvalue weighted by Crippen LogP contribution is -2.26. The summed E-state index contributed by atoms with van der Waals surface area (Å²) >= 11 is 0. The summed E-state index contributed by atoms with van der Waals surface area (Å²) in [5.41, 5.74) is 4.91. The standard InChI is InChI=1S/C26H20N4O3/c1-30(21-5-3-2-4-6-21)26(32)18-9-12-22-23(15-18)29-24(28-22)17-7-10-20(11-8-17)27-25(31)19-13-14-33-16-19/h2-16H,1H3,(H,27,31)(H,28,29). The maximum atomic E-state index is 12.9. The monoisotopic (exact) mass is 436 g/mol. The van der Waals surface area contributed by atoms with Crippen LogP contribution in [0.25, 0.3) is 22.4 Å². The van der Waals surface area contributed by atoms with Gasteiger partial charge in [0, 0.05) is 29.5 Å². The van der Waals surface area contributed by atoms with Crippen LogP contribution in [0.5, 0.6) is 0 Å². The second kappa shape index (κ2) is 8.47. The number of carbonyl (C=O) groups excluding carboxylic acids is 2. The van der Waals surface area contributed by atoms with Gasteiger partial charge in [-0.1, -0.05) is 18.2 Å². The number of furan rings is 1. The average molecular weight is 436 g/mol. The highest BCUT2D eigenvalue weighted by Crippen LogP contribution is 2.24. The highest BCUT2D eigenvalue weighted by atomic mass is 16.3. The number of para-hydroxylation sites is 1. The second-order valence-electron chi connectivity index (χ2n) is 7.56. The molecule has 0 bridgehead atoms. The number of carbonyl (C=O) groups is 2. The Kier molecular flexibility index (Phi) is 5.20. The summed E-state index contributed by atoms with van der Waals surface area (Å²) in [5, 5.41) is 2.82. The van der Waals surface area contributed by atoms with Crippen LogP contribution in [0.4, 0.5) is 11.4 Å². The third-order valence-corrected chi connectivity index (χ3v) is 5.38. The third-order valence-electron chi connectivity index (χ3n) is 5.38. The van der Waals surface area contributed by atoms with E-state index in [9.17, 15) is 9.59 Å². The molecule has 0 spiro atoms. The van der Waals surface area contributed by atoms with Crippen LogP contribution in [0.1, 0.15) is 20.7 Å². The van der Waals surface area contributed by atoms with Crippen LogP contribution < -0.4 is 10.2 Å². The summed E-state index contributed by atoms with van der Waals surface area (Å²) in [5.74, 6) is 0.335. The molecule has 5 aromatic rings. The topological polar surface area (TPSA) is 91.2 Å². The van der Waals surface area contributed by atoms with Crippen molar-refractivity contribution in [3.8, 4) is 11.4 Å². The molecule has 2 amide bonds. The zero-order chi connectivity index (χ0) is 22.8. The highest BCUT2D eigenvalue weighted by Gasteiger charge is 2.15. The normalized spacial score (nSPS) is 10.8. The van der Waals surface area contributed by atoms with Crippen LogP contribution >= 0.6 is 0 Å². The lowest BCUT2D eigenvalue weighted by Gasteiger charge is -2.17. The molecular formula is C26H20N4O3. The quantitative estimate of drug-likeness (QED) is 0.388. The maximum Gasteiger partial charge on any atom is 0.258 e.